The summed E-state index contributed by atoms with van der Waals surface area (Å²) in [4.78, 5) is 28.4. The number of aromatic nitrogens is 1. The van der Waals surface area contributed by atoms with Gasteiger partial charge in [0.2, 0.25) is 15.9 Å². The van der Waals surface area contributed by atoms with E-state index in [1.165, 1.54) is 18.4 Å². The van der Waals surface area contributed by atoms with Gasteiger partial charge in [0.05, 0.1) is 23.2 Å². The van der Waals surface area contributed by atoms with E-state index in [0.717, 1.165) is 28.3 Å². The molecule has 2 N–H and O–H groups in total. The van der Waals surface area contributed by atoms with Gasteiger partial charge in [-0.3, -0.25) is 13.9 Å². The summed E-state index contributed by atoms with van der Waals surface area (Å²) >= 11 is 1.21. The third kappa shape index (κ3) is 6.33. The second-order valence-corrected chi connectivity index (χ2v) is 9.87. The molecule has 174 valence electrons. The topological polar surface area (TPSA) is 108 Å². The third-order valence-electron chi connectivity index (χ3n) is 4.59. The summed E-state index contributed by atoms with van der Waals surface area (Å²) in [6, 6.07) is 9.37. The minimum absolute atomic E-state index is 0.0466. The lowest BCUT2D eigenvalue weighted by Crippen LogP contribution is -2.28. The molecule has 2 amide bonds. The number of nitrogens with zero attached hydrogens (tertiary/aromatic N) is 2. The molecule has 0 saturated heterocycles. The van der Waals surface area contributed by atoms with Crippen LogP contribution >= 0.6 is 11.3 Å². The van der Waals surface area contributed by atoms with E-state index in [4.69, 9.17) is 0 Å². The fourth-order valence-electron chi connectivity index (χ4n) is 2.74. The number of benzene rings is 2. The molecule has 0 aliphatic carbocycles. The van der Waals surface area contributed by atoms with E-state index in [1.807, 2.05) is 0 Å². The highest BCUT2D eigenvalue weighted by atomic mass is 32.2. The van der Waals surface area contributed by atoms with Gasteiger partial charge in [0.1, 0.15) is 11.6 Å². The molecular formula is C21H20F2N4O4S2. The van der Waals surface area contributed by atoms with Crippen LogP contribution in [0.2, 0.25) is 0 Å². The molecular weight excluding hydrogens is 474 g/mol. The summed E-state index contributed by atoms with van der Waals surface area (Å²) in [5.41, 5.74) is 1.54. The number of sulfonamides is 1. The highest BCUT2D eigenvalue weighted by molar-refractivity contribution is 7.92. The summed E-state index contributed by atoms with van der Waals surface area (Å²) in [5, 5.41) is 7.12. The summed E-state index contributed by atoms with van der Waals surface area (Å²) in [6.07, 6.45) is 1.04. The van der Waals surface area contributed by atoms with Crippen molar-refractivity contribution in [2.75, 3.05) is 29.5 Å². The minimum atomic E-state index is -3.36. The van der Waals surface area contributed by atoms with Gasteiger partial charge in [-0.15, -0.1) is 11.3 Å². The number of hydrogen-bond acceptors (Lipinski definition) is 6. The van der Waals surface area contributed by atoms with E-state index in [2.05, 4.69) is 15.6 Å². The van der Waals surface area contributed by atoms with E-state index < -0.39 is 33.5 Å². The predicted molar refractivity (Wildman–Crippen MR) is 123 cm³/mol. The van der Waals surface area contributed by atoms with Crippen LogP contribution in [-0.2, 0) is 14.8 Å². The molecule has 12 heteroatoms. The maximum Gasteiger partial charge on any atom is 0.254 e. The Morgan fingerprint density at radius 3 is 2.45 bits per heavy atom. The number of carbonyl (C=O) groups excluding carboxylic acids is 2. The van der Waals surface area contributed by atoms with E-state index in [0.29, 0.717) is 22.6 Å². The van der Waals surface area contributed by atoms with Gasteiger partial charge in [-0.2, -0.15) is 0 Å². The Labute approximate surface area is 193 Å². The quantitative estimate of drug-likeness (QED) is 0.500. The van der Waals surface area contributed by atoms with Crippen LogP contribution in [0.4, 0.5) is 19.6 Å². The molecule has 1 heterocycles. The largest absolute Gasteiger partial charge is 0.351 e. The van der Waals surface area contributed by atoms with Crippen molar-refractivity contribution in [1.82, 2.24) is 10.3 Å². The summed E-state index contributed by atoms with van der Waals surface area (Å²) in [5.74, 6) is -2.92. The number of carbonyl (C=O) groups is 2. The number of hydrogen-bond donors (Lipinski definition) is 2. The predicted octanol–water partition coefficient (Wildman–Crippen LogP) is 3.24. The fourth-order valence-corrected chi connectivity index (χ4v) is 3.98. The van der Waals surface area contributed by atoms with Crippen molar-refractivity contribution in [1.29, 1.82) is 0 Å². The monoisotopic (exact) mass is 494 g/mol. The molecule has 0 fully saturated rings. The molecule has 3 rings (SSSR count). The standard InChI is InChI=1S/C21H20F2N4O4S2/c1-27(33(2,30)31)15-6-3-13(4-7-15)18-12-32-21(25-18)26-19(28)9-10-24-20(29)16-8-5-14(22)11-17(16)23/h3-8,11-12H,9-10H2,1-2H3,(H,24,29)(H,25,26,28). The Morgan fingerprint density at radius 2 is 1.82 bits per heavy atom. The highest BCUT2D eigenvalue weighted by Crippen LogP contribution is 2.27. The first-order valence-electron chi connectivity index (χ1n) is 9.57. The van der Waals surface area contributed by atoms with Crippen molar-refractivity contribution in [2.24, 2.45) is 0 Å². The molecule has 0 unspecified atom stereocenters. The number of amides is 2. The van der Waals surface area contributed by atoms with Crippen molar-refractivity contribution in [3.63, 3.8) is 0 Å². The van der Waals surface area contributed by atoms with Crippen LogP contribution in [0, 0.1) is 11.6 Å². The van der Waals surface area contributed by atoms with Gasteiger partial charge in [0, 0.05) is 37.0 Å². The van der Waals surface area contributed by atoms with Crippen LogP contribution in [0.15, 0.2) is 47.8 Å². The van der Waals surface area contributed by atoms with Crippen molar-refractivity contribution < 1.29 is 26.8 Å². The van der Waals surface area contributed by atoms with Gasteiger partial charge in [-0.05, 0) is 24.3 Å². The molecule has 3 aromatic rings. The van der Waals surface area contributed by atoms with Gasteiger partial charge < -0.3 is 10.6 Å². The van der Waals surface area contributed by atoms with E-state index in [-0.39, 0.29) is 18.5 Å². The van der Waals surface area contributed by atoms with Crippen LogP contribution in [0.3, 0.4) is 0 Å². The van der Waals surface area contributed by atoms with Crippen molar-refractivity contribution in [2.45, 2.75) is 6.42 Å². The van der Waals surface area contributed by atoms with Crippen LogP contribution in [0.1, 0.15) is 16.8 Å². The van der Waals surface area contributed by atoms with E-state index >= 15 is 0 Å². The molecule has 8 nitrogen and oxygen atoms in total. The van der Waals surface area contributed by atoms with Crippen LogP contribution in [0.25, 0.3) is 11.3 Å². The Hall–Kier alpha value is -3.38. The lowest BCUT2D eigenvalue weighted by atomic mass is 10.1. The van der Waals surface area contributed by atoms with Gasteiger partial charge in [-0.25, -0.2) is 22.2 Å². The van der Waals surface area contributed by atoms with Crippen LogP contribution in [-0.4, -0.2) is 45.1 Å². The normalized spacial score (nSPS) is 11.2. The Balaban J connectivity index is 1.53. The number of halogens is 2. The van der Waals surface area contributed by atoms with Gasteiger partial charge >= 0.3 is 0 Å². The number of thiazole rings is 1. The van der Waals surface area contributed by atoms with Gasteiger partial charge in [0.25, 0.3) is 5.91 Å². The highest BCUT2D eigenvalue weighted by Gasteiger charge is 2.14. The third-order valence-corrected chi connectivity index (χ3v) is 6.55. The molecule has 0 radical (unpaired) electrons. The molecule has 0 spiro atoms. The second kappa shape index (κ2) is 10.0. The minimum Gasteiger partial charge on any atom is -0.351 e. The first-order chi connectivity index (χ1) is 15.5. The summed E-state index contributed by atoms with van der Waals surface area (Å²) in [6.45, 7) is -0.0466. The first kappa shape index (κ1) is 24.3. The molecule has 33 heavy (non-hydrogen) atoms. The molecule has 0 aliphatic rings. The zero-order valence-electron chi connectivity index (χ0n) is 17.6. The summed E-state index contributed by atoms with van der Waals surface area (Å²) in [7, 11) is -1.91. The number of rotatable bonds is 8. The maximum atomic E-state index is 13.6. The van der Waals surface area contributed by atoms with Crippen molar-refractivity contribution in [3.05, 3.63) is 65.0 Å². The smallest absolute Gasteiger partial charge is 0.254 e. The average Bonchev–Trinajstić information content (AvgIpc) is 3.21. The van der Waals surface area contributed by atoms with Gasteiger partial charge in [0.15, 0.2) is 5.13 Å². The molecule has 0 atom stereocenters. The van der Waals surface area contributed by atoms with E-state index in [9.17, 15) is 26.8 Å². The Bertz CT molecular complexity index is 1280. The zero-order chi connectivity index (χ0) is 24.2. The lowest BCUT2D eigenvalue weighted by Gasteiger charge is -2.16. The molecule has 0 saturated carbocycles. The summed E-state index contributed by atoms with van der Waals surface area (Å²) < 4.78 is 51.0. The van der Waals surface area contributed by atoms with Gasteiger partial charge in [-0.1, -0.05) is 12.1 Å². The van der Waals surface area contributed by atoms with Crippen LogP contribution in [0.5, 0.6) is 0 Å². The van der Waals surface area contributed by atoms with E-state index in [1.54, 1.807) is 29.6 Å². The molecule has 2 aromatic carbocycles. The molecule has 0 aliphatic heterocycles. The first-order valence-corrected chi connectivity index (χ1v) is 12.3. The SMILES string of the molecule is CN(c1ccc(-c2csc(NC(=O)CCNC(=O)c3ccc(F)cc3F)n2)cc1)S(C)(=O)=O. The lowest BCUT2D eigenvalue weighted by molar-refractivity contribution is -0.116. The zero-order valence-corrected chi connectivity index (χ0v) is 19.3. The maximum absolute atomic E-state index is 13.6. The van der Waals surface area contributed by atoms with Crippen molar-refractivity contribution >= 4 is 44.0 Å². The Morgan fingerprint density at radius 1 is 1.12 bits per heavy atom. The van der Waals surface area contributed by atoms with Crippen molar-refractivity contribution in [3.8, 4) is 11.3 Å². The van der Waals surface area contributed by atoms with Crippen LogP contribution < -0.4 is 14.9 Å². The second-order valence-electron chi connectivity index (χ2n) is 6.99. The fraction of sp³-hybridized carbons (Fsp3) is 0.190. The molecule has 1 aromatic heterocycles. The Kier molecular flexibility index (Phi) is 7.39. The average molecular weight is 495 g/mol. The molecule has 0 bridgehead atoms. The number of anilines is 2. The number of nitrogens with one attached hydrogen (secondary N) is 2.